The van der Waals surface area contributed by atoms with Crippen molar-refractivity contribution in [3.8, 4) is 0 Å². The minimum Gasteiger partial charge on any atom is -0.299 e. The Labute approximate surface area is 147 Å². The molecule has 2 rings (SSSR count). The fourth-order valence-corrected chi connectivity index (χ4v) is 7.70. The highest BCUT2D eigenvalue weighted by atomic mass is 31.2. The number of para-hydroxylation sites is 1. The molecular weight excluding hydrogens is 313 g/mol. The highest BCUT2D eigenvalue weighted by Gasteiger charge is 2.48. The van der Waals surface area contributed by atoms with Crippen molar-refractivity contribution in [3.63, 3.8) is 0 Å². The van der Waals surface area contributed by atoms with E-state index in [1.165, 1.54) is 16.5 Å². The number of hydrogen-bond acceptors (Lipinski definition) is 1. The van der Waals surface area contributed by atoms with Crippen molar-refractivity contribution in [2.24, 2.45) is 0 Å². The summed E-state index contributed by atoms with van der Waals surface area (Å²) >= 11 is 0. The molecule has 0 N–H and O–H groups in total. The van der Waals surface area contributed by atoms with Crippen LogP contribution in [0.3, 0.4) is 0 Å². The number of aromatic nitrogens is 1. The van der Waals surface area contributed by atoms with Crippen LogP contribution < -0.4 is 0 Å². The number of benzene rings is 1. The van der Waals surface area contributed by atoms with Crippen LogP contribution in [0.25, 0.3) is 10.9 Å². The molecule has 0 saturated carbocycles. The molecule has 1 aromatic carbocycles. The average molecular weight is 345 g/mol. The molecule has 0 atom stereocenters. The van der Waals surface area contributed by atoms with Gasteiger partial charge in [0.1, 0.15) is 0 Å². The van der Waals surface area contributed by atoms with E-state index in [2.05, 4.69) is 90.1 Å². The second kappa shape index (κ2) is 6.23. The Morgan fingerprint density at radius 2 is 1.62 bits per heavy atom. The van der Waals surface area contributed by atoms with Crippen molar-refractivity contribution in [2.75, 3.05) is 0 Å². The van der Waals surface area contributed by atoms with E-state index in [4.69, 9.17) is 0 Å². The molecule has 0 spiro atoms. The third kappa shape index (κ3) is 3.14. The molecule has 1 aromatic heterocycles. The molecule has 0 aliphatic rings. The van der Waals surface area contributed by atoms with Crippen molar-refractivity contribution in [1.29, 1.82) is 0 Å². The van der Waals surface area contributed by atoms with Crippen molar-refractivity contribution < 1.29 is 4.57 Å². The van der Waals surface area contributed by atoms with E-state index in [0.29, 0.717) is 0 Å². The Kier molecular flexibility index (Phi) is 4.94. The highest BCUT2D eigenvalue weighted by Crippen LogP contribution is 2.68. The molecule has 132 valence electrons. The number of rotatable bonds is 3. The summed E-state index contributed by atoms with van der Waals surface area (Å²) in [7, 11) is -2.72. The maximum atomic E-state index is 14.4. The fraction of sp³-hybridized carbons (Fsp3) is 0.524. The van der Waals surface area contributed by atoms with E-state index in [0.717, 1.165) is 11.9 Å². The predicted octanol–water partition coefficient (Wildman–Crippen LogP) is 6.87. The normalized spacial score (nSPS) is 13.3. The highest BCUT2D eigenvalue weighted by molar-refractivity contribution is 7.65. The lowest BCUT2D eigenvalue weighted by atomic mass is 10.1. The third-order valence-corrected chi connectivity index (χ3v) is 9.20. The first-order chi connectivity index (χ1) is 10.9. The topological polar surface area (TPSA) is 22.0 Å². The monoisotopic (exact) mass is 345 g/mol. The molecule has 0 aliphatic carbocycles. The van der Waals surface area contributed by atoms with Crippen molar-refractivity contribution in [2.45, 2.75) is 72.1 Å². The first-order valence-corrected chi connectivity index (χ1v) is 10.4. The molecule has 1 heterocycles. The number of allylic oxidation sites excluding steroid dienone is 2. The smallest absolute Gasteiger partial charge is 0.186 e. The van der Waals surface area contributed by atoms with Crippen LogP contribution >= 0.6 is 7.29 Å². The van der Waals surface area contributed by atoms with Crippen LogP contribution in [-0.4, -0.2) is 14.6 Å². The Bertz CT molecular complexity index is 790. The zero-order valence-corrected chi connectivity index (χ0v) is 17.4. The Balaban J connectivity index is 2.81. The van der Waals surface area contributed by atoms with Crippen LogP contribution in [-0.2, 0) is 11.0 Å². The lowest BCUT2D eigenvalue weighted by Crippen LogP contribution is -2.32. The quantitative estimate of drug-likeness (QED) is 0.439. The van der Waals surface area contributed by atoms with E-state index in [-0.39, 0.29) is 10.3 Å². The second-order valence-corrected chi connectivity index (χ2v) is 13.2. The van der Waals surface area contributed by atoms with Crippen LogP contribution in [0.1, 0.15) is 61.0 Å². The Morgan fingerprint density at radius 3 is 2.12 bits per heavy atom. The minimum absolute atomic E-state index is 0.305. The van der Waals surface area contributed by atoms with Gasteiger partial charge in [0.2, 0.25) is 0 Å². The predicted molar refractivity (Wildman–Crippen MR) is 108 cm³/mol. The van der Waals surface area contributed by atoms with Gasteiger partial charge in [-0.25, -0.2) is 0 Å². The first-order valence-electron chi connectivity index (χ1n) is 8.73. The maximum absolute atomic E-state index is 14.4. The van der Waals surface area contributed by atoms with Crippen LogP contribution in [0.2, 0.25) is 0 Å². The molecule has 0 fully saturated rings. The van der Waals surface area contributed by atoms with E-state index in [1.807, 2.05) is 6.20 Å². The molecule has 24 heavy (non-hydrogen) atoms. The van der Waals surface area contributed by atoms with Crippen LogP contribution in [0.4, 0.5) is 0 Å². The van der Waals surface area contributed by atoms with E-state index in [1.54, 1.807) is 0 Å². The van der Waals surface area contributed by atoms with Gasteiger partial charge >= 0.3 is 0 Å². The molecule has 3 heteroatoms. The van der Waals surface area contributed by atoms with Crippen molar-refractivity contribution in [3.05, 3.63) is 47.7 Å². The molecule has 2 aromatic rings. The Hall–Kier alpha value is -1.27. The summed E-state index contributed by atoms with van der Waals surface area (Å²) in [5, 5.41) is 0.560. The molecule has 0 unspecified atom stereocenters. The van der Waals surface area contributed by atoms with E-state index in [9.17, 15) is 4.57 Å². The zero-order valence-electron chi connectivity index (χ0n) is 16.5. The van der Waals surface area contributed by atoms with Gasteiger partial charge in [-0.3, -0.25) is 8.90 Å². The Morgan fingerprint density at radius 1 is 1.04 bits per heavy atom. The van der Waals surface area contributed by atoms with Gasteiger partial charge in [0.15, 0.2) is 7.29 Å². The summed E-state index contributed by atoms with van der Waals surface area (Å²) < 4.78 is 16.5. The average Bonchev–Trinajstić information content (AvgIpc) is 2.86. The van der Waals surface area contributed by atoms with Gasteiger partial charge in [-0.15, -0.1) is 0 Å². The first kappa shape index (κ1) is 19.1. The summed E-state index contributed by atoms with van der Waals surface area (Å²) in [6.45, 7) is 16.8. The van der Waals surface area contributed by atoms with E-state index >= 15 is 0 Å². The molecule has 0 saturated heterocycles. The standard InChI is InChI=1S/C21H32NOP/c1-16(2)12-13-17-10-9-11-18-14-15-22(19(17)18)24(23,20(3,4)5)21(6,7)8/h9-12,14-15H,13H2,1-8H3. The summed E-state index contributed by atoms with van der Waals surface area (Å²) in [6, 6.07) is 8.48. The van der Waals surface area contributed by atoms with Crippen molar-refractivity contribution >= 4 is 18.2 Å². The van der Waals surface area contributed by atoms with Gasteiger partial charge in [-0.2, -0.15) is 0 Å². The number of hydrogen-bond donors (Lipinski definition) is 0. The molecular formula is C21H32NOP. The lowest BCUT2D eigenvalue weighted by molar-refractivity contribution is 0.509. The second-order valence-electron chi connectivity index (χ2n) is 8.92. The molecule has 0 bridgehead atoms. The molecule has 2 nitrogen and oxygen atoms in total. The largest absolute Gasteiger partial charge is 0.299 e. The lowest BCUT2D eigenvalue weighted by Gasteiger charge is -2.42. The number of nitrogens with zero attached hydrogens (tertiary/aromatic N) is 1. The van der Waals surface area contributed by atoms with Crippen LogP contribution in [0, 0.1) is 0 Å². The SMILES string of the molecule is CC(C)=CCc1cccc2ccn(P(=O)(C(C)(C)C)C(C)(C)C)c12. The summed E-state index contributed by atoms with van der Waals surface area (Å²) in [6.07, 6.45) is 5.15. The van der Waals surface area contributed by atoms with Gasteiger partial charge in [0.25, 0.3) is 0 Å². The summed E-state index contributed by atoms with van der Waals surface area (Å²) in [4.78, 5) is 0. The molecule has 0 radical (unpaired) electrons. The van der Waals surface area contributed by atoms with Crippen LogP contribution in [0.15, 0.2) is 42.1 Å². The van der Waals surface area contributed by atoms with Gasteiger partial charge < -0.3 is 0 Å². The third-order valence-electron chi connectivity index (χ3n) is 4.63. The summed E-state index contributed by atoms with van der Waals surface area (Å²) in [5.41, 5.74) is 3.68. The summed E-state index contributed by atoms with van der Waals surface area (Å²) in [5.74, 6) is 0. The minimum atomic E-state index is -2.72. The maximum Gasteiger partial charge on any atom is 0.186 e. The van der Waals surface area contributed by atoms with Gasteiger partial charge in [-0.1, -0.05) is 71.4 Å². The van der Waals surface area contributed by atoms with Gasteiger partial charge in [-0.05, 0) is 31.9 Å². The molecule has 0 aliphatic heterocycles. The van der Waals surface area contributed by atoms with Gasteiger partial charge in [0.05, 0.1) is 5.52 Å². The van der Waals surface area contributed by atoms with E-state index < -0.39 is 7.29 Å². The van der Waals surface area contributed by atoms with Gasteiger partial charge in [0, 0.05) is 21.9 Å². The van der Waals surface area contributed by atoms with Crippen molar-refractivity contribution in [1.82, 2.24) is 4.34 Å². The number of fused-ring (bicyclic) bond motifs is 1. The zero-order chi connectivity index (χ0) is 18.3. The molecule has 0 amide bonds. The van der Waals surface area contributed by atoms with Crippen LogP contribution in [0.5, 0.6) is 0 Å². The fourth-order valence-electron chi connectivity index (χ4n) is 3.62.